The van der Waals surface area contributed by atoms with Crippen molar-refractivity contribution in [1.82, 2.24) is 9.88 Å². The molecule has 5 rings (SSSR count). The van der Waals surface area contributed by atoms with Crippen LogP contribution in [0, 0.1) is 0 Å². The van der Waals surface area contributed by atoms with Crippen LogP contribution in [0.15, 0.2) is 83.4 Å². The Morgan fingerprint density at radius 1 is 1.03 bits per heavy atom. The van der Waals surface area contributed by atoms with Crippen LogP contribution in [0.1, 0.15) is 17.5 Å². The van der Waals surface area contributed by atoms with Crippen molar-refractivity contribution in [3.8, 4) is 17.2 Å². The third kappa shape index (κ3) is 3.74. The molecule has 2 aromatic carbocycles. The first-order valence-electron chi connectivity index (χ1n) is 10.3. The van der Waals surface area contributed by atoms with Crippen molar-refractivity contribution >= 4 is 16.5 Å². The molecule has 0 saturated heterocycles. The van der Waals surface area contributed by atoms with Crippen molar-refractivity contribution in [1.29, 1.82) is 0 Å². The predicted molar refractivity (Wildman–Crippen MR) is 120 cm³/mol. The van der Waals surface area contributed by atoms with E-state index in [9.17, 15) is 0 Å². The van der Waals surface area contributed by atoms with E-state index < -0.39 is 0 Å². The maximum Gasteiger partial charge on any atom is 0.176 e. The number of hydrogen-bond acceptors (Lipinski definition) is 4. The fraction of sp³-hybridized carbons (Fsp3) is 0.192. The number of fused-ring (bicyclic) bond motifs is 1. The van der Waals surface area contributed by atoms with Crippen LogP contribution in [-0.4, -0.2) is 30.1 Å². The Hall–Kier alpha value is -3.37. The molecule has 0 unspecified atom stereocenters. The standard InChI is InChI=1S/C26H24N2O2/c1-29-25-16-19(15-22-17-24(30-26(22)25)23-9-5-6-12-27-23)18-28-13-10-21(11-14-28)20-7-3-2-4-8-20/h2-10,12,15-17H,11,13-14,18H2,1H3. The van der Waals surface area contributed by atoms with Gasteiger partial charge in [-0.25, -0.2) is 0 Å². The highest BCUT2D eigenvalue weighted by Crippen LogP contribution is 2.34. The highest BCUT2D eigenvalue weighted by molar-refractivity contribution is 5.87. The third-order valence-corrected chi connectivity index (χ3v) is 5.62. The SMILES string of the molecule is COc1cc(CN2CC=C(c3ccccc3)CC2)cc2cc(-c3ccccn3)oc12. The molecule has 0 spiro atoms. The van der Waals surface area contributed by atoms with Gasteiger partial charge in [0, 0.05) is 31.2 Å². The van der Waals surface area contributed by atoms with Crippen molar-refractivity contribution in [2.75, 3.05) is 20.2 Å². The summed E-state index contributed by atoms with van der Waals surface area (Å²) >= 11 is 0. The van der Waals surface area contributed by atoms with Gasteiger partial charge in [0.15, 0.2) is 17.1 Å². The largest absolute Gasteiger partial charge is 0.493 e. The molecule has 0 radical (unpaired) electrons. The van der Waals surface area contributed by atoms with Gasteiger partial charge in [0.2, 0.25) is 0 Å². The van der Waals surface area contributed by atoms with Gasteiger partial charge >= 0.3 is 0 Å². The lowest BCUT2D eigenvalue weighted by atomic mass is 9.99. The molecule has 0 fully saturated rings. The lowest BCUT2D eigenvalue weighted by molar-refractivity contribution is 0.293. The molecular weight excluding hydrogens is 372 g/mol. The smallest absolute Gasteiger partial charge is 0.176 e. The summed E-state index contributed by atoms with van der Waals surface area (Å²) < 4.78 is 11.7. The second-order valence-corrected chi connectivity index (χ2v) is 7.62. The molecule has 4 heteroatoms. The van der Waals surface area contributed by atoms with Crippen LogP contribution in [0.2, 0.25) is 0 Å². The number of rotatable bonds is 5. The first-order chi connectivity index (χ1) is 14.8. The number of furan rings is 1. The number of pyridine rings is 1. The molecule has 0 aliphatic carbocycles. The number of nitrogens with zero attached hydrogens (tertiary/aromatic N) is 2. The van der Waals surface area contributed by atoms with E-state index in [1.807, 2.05) is 24.3 Å². The van der Waals surface area contributed by atoms with Crippen LogP contribution in [0.4, 0.5) is 0 Å². The van der Waals surface area contributed by atoms with E-state index in [1.165, 1.54) is 16.7 Å². The predicted octanol–water partition coefficient (Wildman–Crippen LogP) is 5.79. The molecule has 0 atom stereocenters. The monoisotopic (exact) mass is 396 g/mol. The van der Waals surface area contributed by atoms with E-state index in [0.29, 0.717) is 0 Å². The van der Waals surface area contributed by atoms with Crippen LogP contribution in [0.25, 0.3) is 28.0 Å². The molecule has 4 aromatic rings. The Bertz CT molecular complexity index is 1180. The first-order valence-corrected chi connectivity index (χ1v) is 10.3. The first kappa shape index (κ1) is 18.6. The van der Waals surface area contributed by atoms with E-state index in [2.05, 4.69) is 58.4 Å². The quantitative estimate of drug-likeness (QED) is 0.428. The molecule has 4 nitrogen and oxygen atoms in total. The third-order valence-electron chi connectivity index (χ3n) is 5.62. The lowest BCUT2D eigenvalue weighted by Gasteiger charge is -2.26. The number of aromatic nitrogens is 1. The van der Waals surface area contributed by atoms with E-state index in [4.69, 9.17) is 9.15 Å². The fourth-order valence-electron chi connectivity index (χ4n) is 4.09. The minimum absolute atomic E-state index is 0.759. The number of methoxy groups -OCH3 is 1. The summed E-state index contributed by atoms with van der Waals surface area (Å²) in [6, 6.07) is 22.8. The summed E-state index contributed by atoms with van der Waals surface area (Å²) in [6.45, 7) is 2.88. The number of hydrogen-bond donors (Lipinski definition) is 0. The van der Waals surface area contributed by atoms with Crippen LogP contribution >= 0.6 is 0 Å². The molecular formula is C26H24N2O2. The van der Waals surface area contributed by atoms with Gasteiger partial charge in [0.05, 0.1) is 7.11 Å². The molecule has 0 saturated carbocycles. The Balaban J connectivity index is 1.38. The lowest BCUT2D eigenvalue weighted by Crippen LogP contribution is -2.28. The average Bonchev–Trinajstić information content (AvgIpc) is 3.24. The molecule has 2 aromatic heterocycles. The maximum absolute atomic E-state index is 6.07. The molecule has 1 aliphatic rings. The van der Waals surface area contributed by atoms with Gasteiger partial charge in [-0.2, -0.15) is 0 Å². The van der Waals surface area contributed by atoms with E-state index in [0.717, 1.165) is 54.2 Å². The summed E-state index contributed by atoms with van der Waals surface area (Å²) in [5, 5.41) is 1.04. The normalized spacial score (nSPS) is 14.6. The summed E-state index contributed by atoms with van der Waals surface area (Å²) in [4.78, 5) is 6.86. The molecule has 0 amide bonds. The second-order valence-electron chi connectivity index (χ2n) is 7.62. The van der Waals surface area contributed by atoms with E-state index in [1.54, 1.807) is 13.3 Å². The van der Waals surface area contributed by atoms with Crippen LogP contribution in [0.3, 0.4) is 0 Å². The van der Waals surface area contributed by atoms with Crippen molar-refractivity contribution in [3.63, 3.8) is 0 Å². The van der Waals surface area contributed by atoms with Crippen molar-refractivity contribution < 1.29 is 9.15 Å². The number of benzene rings is 2. The van der Waals surface area contributed by atoms with Gasteiger partial charge in [0.25, 0.3) is 0 Å². The van der Waals surface area contributed by atoms with Gasteiger partial charge in [-0.15, -0.1) is 0 Å². The van der Waals surface area contributed by atoms with Crippen LogP contribution < -0.4 is 4.74 Å². The fourth-order valence-corrected chi connectivity index (χ4v) is 4.09. The molecule has 1 aliphatic heterocycles. The Kier molecular flexibility index (Phi) is 5.08. The Labute approximate surface area is 176 Å². The topological polar surface area (TPSA) is 38.5 Å². The zero-order chi connectivity index (χ0) is 20.3. The van der Waals surface area contributed by atoms with Crippen molar-refractivity contribution in [3.05, 3.63) is 90.1 Å². The van der Waals surface area contributed by atoms with Gasteiger partial charge < -0.3 is 9.15 Å². The Morgan fingerprint density at radius 2 is 1.90 bits per heavy atom. The molecule has 0 N–H and O–H groups in total. The maximum atomic E-state index is 6.07. The summed E-state index contributed by atoms with van der Waals surface area (Å²) in [6.07, 6.45) is 5.20. The average molecular weight is 396 g/mol. The van der Waals surface area contributed by atoms with Crippen LogP contribution in [0.5, 0.6) is 5.75 Å². The highest BCUT2D eigenvalue weighted by Gasteiger charge is 2.17. The van der Waals surface area contributed by atoms with Crippen molar-refractivity contribution in [2.24, 2.45) is 0 Å². The van der Waals surface area contributed by atoms with Gasteiger partial charge in [-0.1, -0.05) is 42.5 Å². The van der Waals surface area contributed by atoms with E-state index >= 15 is 0 Å². The zero-order valence-electron chi connectivity index (χ0n) is 17.0. The van der Waals surface area contributed by atoms with Crippen LogP contribution in [-0.2, 0) is 6.54 Å². The van der Waals surface area contributed by atoms with Gasteiger partial charge in [-0.3, -0.25) is 9.88 Å². The minimum atomic E-state index is 0.759. The summed E-state index contributed by atoms with van der Waals surface area (Å²) in [7, 11) is 1.69. The number of ether oxygens (including phenoxy) is 1. The Morgan fingerprint density at radius 3 is 2.63 bits per heavy atom. The summed E-state index contributed by atoms with van der Waals surface area (Å²) in [5.74, 6) is 1.52. The molecule has 3 heterocycles. The van der Waals surface area contributed by atoms with Crippen molar-refractivity contribution in [2.45, 2.75) is 13.0 Å². The molecule has 150 valence electrons. The van der Waals surface area contributed by atoms with E-state index in [-0.39, 0.29) is 0 Å². The molecule has 30 heavy (non-hydrogen) atoms. The second kappa shape index (κ2) is 8.17. The summed E-state index contributed by atoms with van der Waals surface area (Å²) in [5.41, 5.74) is 5.60. The molecule has 0 bridgehead atoms. The zero-order valence-corrected chi connectivity index (χ0v) is 17.0. The highest BCUT2D eigenvalue weighted by atomic mass is 16.5. The van der Waals surface area contributed by atoms with Gasteiger partial charge in [0.1, 0.15) is 5.69 Å². The van der Waals surface area contributed by atoms with Gasteiger partial charge in [-0.05, 0) is 53.5 Å². The minimum Gasteiger partial charge on any atom is -0.493 e.